The van der Waals surface area contributed by atoms with Crippen LogP contribution in [0.3, 0.4) is 0 Å². The van der Waals surface area contributed by atoms with Crippen molar-refractivity contribution in [1.29, 1.82) is 0 Å². The molecule has 2 aromatic carbocycles. The number of benzene rings is 2. The van der Waals surface area contributed by atoms with Crippen LogP contribution in [0.2, 0.25) is 0 Å². The fourth-order valence-corrected chi connectivity index (χ4v) is 2.37. The Labute approximate surface area is 142 Å². The maximum Gasteiger partial charge on any atom is 0.330 e. The third-order valence-corrected chi connectivity index (χ3v) is 3.58. The second-order valence-electron chi connectivity index (χ2n) is 5.38. The Morgan fingerprint density at radius 3 is 2.58 bits per heavy atom. The summed E-state index contributed by atoms with van der Waals surface area (Å²) in [6, 6.07) is 14.1. The fourth-order valence-electron chi connectivity index (χ4n) is 2.37. The molecule has 0 aliphatic rings. The minimum Gasteiger partial charge on any atom is -0.491 e. The van der Waals surface area contributed by atoms with Crippen LogP contribution in [0.15, 0.2) is 55.1 Å². The Bertz CT molecular complexity index is 689. The smallest absolute Gasteiger partial charge is 0.330 e. The number of aryl methyl sites for hydroxylation is 1. The molecule has 0 amide bonds. The van der Waals surface area contributed by atoms with Gasteiger partial charge in [0.15, 0.2) is 0 Å². The summed E-state index contributed by atoms with van der Waals surface area (Å²) in [7, 11) is 0. The number of carbonyl (C=O) groups excluding carboxylic acids is 1. The number of ether oxygens (including phenoxy) is 2. The van der Waals surface area contributed by atoms with Crippen LogP contribution in [0.5, 0.6) is 5.75 Å². The van der Waals surface area contributed by atoms with Gasteiger partial charge in [0.25, 0.3) is 0 Å². The number of esters is 1. The first kappa shape index (κ1) is 17.8. The molecule has 126 valence electrons. The number of hydrogen-bond acceptors (Lipinski definition) is 4. The van der Waals surface area contributed by atoms with E-state index >= 15 is 0 Å². The highest BCUT2D eigenvalue weighted by Crippen LogP contribution is 2.28. The Hall–Kier alpha value is -2.59. The molecule has 0 saturated heterocycles. The third kappa shape index (κ3) is 4.96. The van der Waals surface area contributed by atoms with Crippen molar-refractivity contribution in [1.82, 2.24) is 0 Å². The van der Waals surface area contributed by atoms with Crippen LogP contribution < -0.4 is 4.74 Å². The van der Waals surface area contributed by atoms with Crippen molar-refractivity contribution in [3.63, 3.8) is 0 Å². The van der Waals surface area contributed by atoms with E-state index in [2.05, 4.69) is 30.8 Å². The minimum absolute atomic E-state index is 0.0357. The van der Waals surface area contributed by atoms with Crippen molar-refractivity contribution in [2.24, 2.45) is 0 Å². The molecule has 0 bridgehead atoms. The molecule has 0 unspecified atom stereocenters. The van der Waals surface area contributed by atoms with Crippen LogP contribution >= 0.6 is 0 Å². The SMILES string of the molecule is C=CC(=O)OCCc1cc(OCCO)ccc1-c1ccc(C)cc1. The van der Waals surface area contributed by atoms with Gasteiger partial charge in [-0.15, -0.1) is 0 Å². The lowest BCUT2D eigenvalue weighted by atomic mass is 9.97. The van der Waals surface area contributed by atoms with Crippen molar-refractivity contribution < 1.29 is 19.4 Å². The van der Waals surface area contributed by atoms with E-state index in [4.69, 9.17) is 14.6 Å². The summed E-state index contributed by atoms with van der Waals surface area (Å²) >= 11 is 0. The number of rotatable bonds is 8. The standard InChI is InChI=1S/C20H22O4/c1-3-20(22)24-12-10-17-14-18(23-13-11-21)8-9-19(17)16-6-4-15(2)5-7-16/h3-9,14,21H,1,10-13H2,2H3. The van der Waals surface area contributed by atoms with Crippen LogP contribution in [-0.2, 0) is 16.0 Å². The van der Waals surface area contributed by atoms with Crippen molar-refractivity contribution in [3.05, 3.63) is 66.2 Å². The van der Waals surface area contributed by atoms with Gasteiger partial charge in [0, 0.05) is 12.5 Å². The number of hydrogen-bond donors (Lipinski definition) is 1. The summed E-state index contributed by atoms with van der Waals surface area (Å²) in [5, 5.41) is 8.89. The average Bonchev–Trinajstić information content (AvgIpc) is 2.61. The summed E-state index contributed by atoms with van der Waals surface area (Å²) in [5.74, 6) is 0.254. The average molecular weight is 326 g/mol. The molecule has 0 heterocycles. The summed E-state index contributed by atoms with van der Waals surface area (Å²) in [6.45, 7) is 5.92. The molecule has 2 aromatic rings. The largest absolute Gasteiger partial charge is 0.491 e. The van der Waals surface area contributed by atoms with Crippen molar-refractivity contribution >= 4 is 5.97 Å². The second-order valence-corrected chi connectivity index (χ2v) is 5.38. The highest BCUT2D eigenvalue weighted by molar-refractivity contribution is 5.81. The first-order valence-electron chi connectivity index (χ1n) is 7.87. The van der Waals surface area contributed by atoms with Gasteiger partial charge in [-0.3, -0.25) is 0 Å². The molecule has 0 aliphatic carbocycles. The van der Waals surface area contributed by atoms with Crippen LogP contribution in [0, 0.1) is 6.92 Å². The molecule has 1 N–H and O–H groups in total. The lowest BCUT2D eigenvalue weighted by Crippen LogP contribution is -2.06. The van der Waals surface area contributed by atoms with Crippen molar-refractivity contribution in [2.45, 2.75) is 13.3 Å². The molecule has 0 saturated carbocycles. The fraction of sp³-hybridized carbons (Fsp3) is 0.250. The van der Waals surface area contributed by atoms with Gasteiger partial charge < -0.3 is 14.6 Å². The summed E-state index contributed by atoms with van der Waals surface area (Å²) in [4.78, 5) is 11.2. The van der Waals surface area contributed by atoms with E-state index in [0.717, 1.165) is 22.8 Å². The Morgan fingerprint density at radius 1 is 1.17 bits per heavy atom. The Morgan fingerprint density at radius 2 is 1.92 bits per heavy atom. The summed E-state index contributed by atoms with van der Waals surface area (Å²) in [5.41, 5.74) is 4.38. The van der Waals surface area contributed by atoms with Gasteiger partial charge in [0.05, 0.1) is 13.2 Å². The zero-order valence-corrected chi connectivity index (χ0v) is 13.8. The van der Waals surface area contributed by atoms with Crippen LogP contribution in [-0.4, -0.2) is 30.9 Å². The van der Waals surface area contributed by atoms with Gasteiger partial charge in [-0.25, -0.2) is 4.79 Å². The number of carbonyl (C=O) groups is 1. The van der Waals surface area contributed by atoms with Gasteiger partial charge in [-0.1, -0.05) is 42.5 Å². The molecular weight excluding hydrogens is 304 g/mol. The van der Waals surface area contributed by atoms with Gasteiger partial charge in [0.1, 0.15) is 12.4 Å². The summed E-state index contributed by atoms with van der Waals surface area (Å²) < 4.78 is 10.6. The van der Waals surface area contributed by atoms with E-state index in [9.17, 15) is 4.79 Å². The highest BCUT2D eigenvalue weighted by Gasteiger charge is 2.08. The van der Waals surface area contributed by atoms with E-state index in [-0.39, 0.29) is 19.8 Å². The van der Waals surface area contributed by atoms with E-state index in [1.807, 2.05) is 25.1 Å². The third-order valence-electron chi connectivity index (χ3n) is 3.58. The van der Waals surface area contributed by atoms with Gasteiger partial charge in [0.2, 0.25) is 0 Å². The van der Waals surface area contributed by atoms with Crippen LogP contribution in [0.4, 0.5) is 0 Å². The molecule has 0 aliphatic heterocycles. The molecule has 24 heavy (non-hydrogen) atoms. The first-order chi connectivity index (χ1) is 11.6. The Kier molecular flexibility index (Phi) is 6.58. The zero-order chi connectivity index (χ0) is 17.4. The highest BCUT2D eigenvalue weighted by atomic mass is 16.5. The normalized spacial score (nSPS) is 10.2. The van der Waals surface area contributed by atoms with Gasteiger partial charge in [-0.2, -0.15) is 0 Å². The number of aliphatic hydroxyl groups is 1. The molecule has 4 heteroatoms. The van der Waals surface area contributed by atoms with E-state index in [0.29, 0.717) is 12.2 Å². The predicted molar refractivity (Wildman–Crippen MR) is 94.1 cm³/mol. The maximum atomic E-state index is 11.2. The number of aliphatic hydroxyl groups excluding tert-OH is 1. The topological polar surface area (TPSA) is 55.8 Å². The van der Waals surface area contributed by atoms with E-state index in [1.165, 1.54) is 5.56 Å². The van der Waals surface area contributed by atoms with Crippen molar-refractivity contribution in [2.75, 3.05) is 19.8 Å². The molecule has 0 atom stereocenters. The Balaban J connectivity index is 2.25. The molecule has 4 nitrogen and oxygen atoms in total. The van der Waals surface area contributed by atoms with E-state index < -0.39 is 5.97 Å². The summed E-state index contributed by atoms with van der Waals surface area (Å²) in [6.07, 6.45) is 1.72. The zero-order valence-electron chi connectivity index (χ0n) is 13.8. The molecule has 0 fully saturated rings. The van der Waals surface area contributed by atoms with Gasteiger partial charge >= 0.3 is 5.97 Å². The molecule has 0 radical (unpaired) electrons. The molecule has 0 spiro atoms. The van der Waals surface area contributed by atoms with Gasteiger partial charge in [-0.05, 0) is 35.7 Å². The quantitative estimate of drug-likeness (QED) is 0.597. The van der Waals surface area contributed by atoms with Crippen LogP contribution in [0.25, 0.3) is 11.1 Å². The maximum absolute atomic E-state index is 11.2. The van der Waals surface area contributed by atoms with Crippen LogP contribution in [0.1, 0.15) is 11.1 Å². The lowest BCUT2D eigenvalue weighted by Gasteiger charge is -2.13. The molecular formula is C20H22O4. The monoisotopic (exact) mass is 326 g/mol. The lowest BCUT2D eigenvalue weighted by molar-refractivity contribution is -0.137. The predicted octanol–water partition coefficient (Wildman–Crippen LogP) is 3.30. The molecule has 2 rings (SSSR count). The minimum atomic E-state index is -0.431. The van der Waals surface area contributed by atoms with Crippen molar-refractivity contribution in [3.8, 4) is 16.9 Å². The first-order valence-corrected chi connectivity index (χ1v) is 7.87. The molecule has 0 aromatic heterocycles. The second kappa shape index (κ2) is 8.89. The van der Waals surface area contributed by atoms with E-state index in [1.54, 1.807) is 0 Å².